The number of hydrogen-bond donors (Lipinski definition) is 2. The number of carbonyl (C=O) groups is 2. The zero-order chi connectivity index (χ0) is 19.9. The fraction of sp³-hybridized carbons (Fsp3) is 0.211. The third-order valence-electron chi connectivity index (χ3n) is 3.77. The van der Waals surface area contributed by atoms with Crippen LogP contribution in [0.4, 0.5) is 0 Å². The Balaban J connectivity index is 1.58. The van der Waals surface area contributed by atoms with Crippen LogP contribution in [-0.2, 0) is 4.79 Å². The number of hydrogen-bond acceptors (Lipinski definition) is 7. The van der Waals surface area contributed by atoms with Gasteiger partial charge in [0, 0.05) is 5.56 Å². The lowest BCUT2D eigenvalue weighted by atomic mass is 10.1. The predicted octanol–water partition coefficient (Wildman–Crippen LogP) is 1.18. The van der Waals surface area contributed by atoms with E-state index in [1.807, 2.05) is 6.07 Å². The van der Waals surface area contributed by atoms with Crippen molar-refractivity contribution in [2.75, 3.05) is 26.9 Å². The number of ether oxygens (including phenoxy) is 4. The molecule has 1 heterocycles. The Morgan fingerprint density at radius 3 is 2.71 bits per heavy atom. The number of amides is 2. The number of rotatable bonds is 5. The first kappa shape index (κ1) is 18.8. The second kappa shape index (κ2) is 8.64. The van der Waals surface area contributed by atoms with Crippen LogP contribution in [0.2, 0.25) is 0 Å². The monoisotopic (exact) mass is 383 g/mol. The molecule has 2 amide bonds. The molecular formula is C19H17N3O6. The molecule has 0 fully saturated rings. The Labute approximate surface area is 160 Å². The molecule has 1 aliphatic heterocycles. The molecule has 0 bridgehead atoms. The maximum Gasteiger partial charge on any atom is 0.276 e. The molecule has 0 aromatic heterocycles. The third-order valence-corrected chi connectivity index (χ3v) is 3.77. The van der Waals surface area contributed by atoms with Crippen molar-refractivity contribution in [3.63, 3.8) is 0 Å². The molecule has 0 saturated carbocycles. The minimum Gasteiger partial charge on any atom is -0.493 e. The lowest BCUT2D eigenvalue weighted by Crippen LogP contribution is -2.43. The summed E-state index contributed by atoms with van der Waals surface area (Å²) in [6.07, 6.45) is 0. The van der Waals surface area contributed by atoms with Crippen LogP contribution in [0.15, 0.2) is 36.4 Å². The number of hydrazine groups is 1. The van der Waals surface area contributed by atoms with Gasteiger partial charge in [0.25, 0.3) is 11.8 Å². The van der Waals surface area contributed by atoms with Gasteiger partial charge in [-0.15, -0.1) is 0 Å². The van der Waals surface area contributed by atoms with Gasteiger partial charge in [0.05, 0.1) is 12.7 Å². The van der Waals surface area contributed by atoms with Gasteiger partial charge in [0.2, 0.25) is 5.75 Å². The van der Waals surface area contributed by atoms with Crippen molar-refractivity contribution >= 4 is 11.8 Å². The van der Waals surface area contributed by atoms with E-state index in [1.165, 1.54) is 19.2 Å². The van der Waals surface area contributed by atoms with Crippen molar-refractivity contribution < 1.29 is 28.5 Å². The molecule has 3 rings (SSSR count). The molecular weight excluding hydrogens is 366 g/mol. The van der Waals surface area contributed by atoms with Gasteiger partial charge < -0.3 is 18.9 Å². The van der Waals surface area contributed by atoms with Crippen LogP contribution in [0, 0.1) is 11.3 Å². The SMILES string of the molecule is COc1cc(C(=O)NNC(=O)COc2ccccc2C#N)cc2c1OCCO2. The van der Waals surface area contributed by atoms with Gasteiger partial charge in [-0.3, -0.25) is 20.4 Å². The first-order valence-corrected chi connectivity index (χ1v) is 8.31. The number of carbonyl (C=O) groups excluding carboxylic acids is 2. The average molecular weight is 383 g/mol. The van der Waals surface area contributed by atoms with Gasteiger partial charge in [0.1, 0.15) is 25.0 Å². The van der Waals surface area contributed by atoms with E-state index in [4.69, 9.17) is 24.2 Å². The van der Waals surface area contributed by atoms with Crippen LogP contribution in [0.3, 0.4) is 0 Å². The lowest BCUT2D eigenvalue weighted by molar-refractivity contribution is -0.123. The summed E-state index contributed by atoms with van der Waals surface area (Å²) in [6.45, 7) is 0.378. The van der Waals surface area contributed by atoms with Crippen LogP contribution in [0.5, 0.6) is 23.0 Å². The molecule has 0 unspecified atom stereocenters. The van der Waals surface area contributed by atoms with Crippen LogP contribution >= 0.6 is 0 Å². The second-order valence-corrected chi connectivity index (χ2v) is 5.60. The van der Waals surface area contributed by atoms with E-state index in [-0.39, 0.29) is 17.9 Å². The first-order chi connectivity index (χ1) is 13.6. The molecule has 2 N–H and O–H groups in total. The summed E-state index contributed by atoms with van der Waals surface area (Å²) in [7, 11) is 1.45. The van der Waals surface area contributed by atoms with E-state index >= 15 is 0 Å². The molecule has 0 spiro atoms. The molecule has 9 nitrogen and oxygen atoms in total. The highest BCUT2D eigenvalue weighted by atomic mass is 16.6. The Morgan fingerprint density at radius 1 is 1.14 bits per heavy atom. The van der Waals surface area contributed by atoms with Crippen molar-refractivity contribution in [3.05, 3.63) is 47.5 Å². The van der Waals surface area contributed by atoms with Crippen molar-refractivity contribution in [2.45, 2.75) is 0 Å². The Bertz CT molecular complexity index is 921. The molecule has 1 aliphatic rings. The van der Waals surface area contributed by atoms with Crippen molar-refractivity contribution in [3.8, 4) is 29.1 Å². The van der Waals surface area contributed by atoms with Crippen LogP contribution in [0.25, 0.3) is 0 Å². The fourth-order valence-corrected chi connectivity index (χ4v) is 2.47. The van der Waals surface area contributed by atoms with E-state index in [1.54, 1.807) is 24.3 Å². The first-order valence-electron chi connectivity index (χ1n) is 8.31. The van der Waals surface area contributed by atoms with E-state index in [0.717, 1.165) is 0 Å². The molecule has 144 valence electrons. The maximum absolute atomic E-state index is 12.3. The van der Waals surface area contributed by atoms with Gasteiger partial charge in [-0.1, -0.05) is 12.1 Å². The van der Waals surface area contributed by atoms with Gasteiger partial charge in [-0.05, 0) is 24.3 Å². The molecule has 0 atom stereocenters. The number of nitrogens with one attached hydrogen (secondary N) is 2. The van der Waals surface area contributed by atoms with E-state index in [2.05, 4.69) is 10.9 Å². The normalized spacial score (nSPS) is 11.7. The summed E-state index contributed by atoms with van der Waals surface area (Å²) in [5.41, 5.74) is 5.06. The number of para-hydroxylation sites is 1. The van der Waals surface area contributed by atoms with E-state index < -0.39 is 11.8 Å². The van der Waals surface area contributed by atoms with Crippen molar-refractivity contribution in [2.24, 2.45) is 0 Å². The van der Waals surface area contributed by atoms with Gasteiger partial charge in [0.15, 0.2) is 18.1 Å². The largest absolute Gasteiger partial charge is 0.493 e. The smallest absolute Gasteiger partial charge is 0.276 e. The standard InChI is InChI=1S/C19H17N3O6/c1-25-15-8-13(9-16-18(15)27-7-6-26-16)19(24)22-21-17(23)11-28-14-5-3-2-4-12(14)10-20/h2-5,8-9H,6-7,11H2,1H3,(H,21,23)(H,22,24). The quantitative estimate of drug-likeness (QED) is 0.744. The fourth-order valence-electron chi connectivity index (χ4n) is 2.47. The number of nitrogens with zero attached hydrogens (tertiary/aromatic N) is 1. The number of benzene rings is 2. The average Bonchev–Trinajstić information content (AvgIpc) is 2.75. The molecule has 2 aromatic rings. The van der Waals surface area contributed by atoms with Crippen molar-refractivity contribution in [1.29, 1.82) is 5.26 Å². The highest BCUT2D eigenvalue weighted by Crippen LogP contribution is 2.40. The summed E-state index contributed by atoms with van der Waals surface area (Å²) in [5.74, 6) is 0.289. The van der Waals surface area contributed by atoms with Gasteiger partial charge in [-0.2, -0.15) is 5.26 Å². The summed E-state index contributed by atoms with van der Waals surface area (Å²) in [5, 5.41) is 9.00. The Kier molecular flexibility index (Phi) is 5.81. The van der Waals surface area contributed by atoms with Crippen LogP contribution < -0.4 is 29.8 Å². The van der Waals surface area contributed by atoms with Gasteiger partial charge in [-0.25, -0.2) is 0 Å². The lowest BCUT2D eigenvalue weighted by Gasteiger charge is -2.21. The summed E-state index contributed by atoms with van der Waals surface area (Å²) in [4.78, 5) is 24.2. The second-order valence-electron chi connectivity index (χ2n) is 5.60. The number of fused-ring (bicyclic) bond motifs is 1. The molecule has 9 heteroatoms. The summed E-state index contributed by atoms with van der Waals surface area (Å²) >= 11 is 0. The van der Waals surface area contributed by atoms with Crippen molar-refractivity contribution in [1.82, 2.24) is 10.9 Å². The molecule has 0 radical (unpaired) electrons. The number of nitriles is 1. The van der Waals surface area contributed by atoms with E-state index in [0.29, 0.717) is 36.0 Å². The predicted molar refractivity (Wildman–Crippen MR) is 96.2 cm³/mol. The maximum atomic E-state index is 12.3. The molecule has 2 aromatic carbocycles. The van der Waals surface area contributed by atoms with Crippen LogP contribution in [0.1, 0.15) is 15.9 Å². The molecule has 28 heavy (non-hydrogen) atoms. The molecule has 0 aliphatic carbocycles. The zero-order valence-electron chi connectivity index (χ0n) is 15.0. The highest BCUT2D eigenvalue weighted by molar-refractivity contribution is 5.96. The van der Waals surface area contributed by atoms with Gasteiger partial charge >= 0.3 is 0 Å². The minimum atomic E-state index is -0.592. The number of methoxy groups -OCH3 is 1. The Hall–Kier alpha value is -3.93. The minimum absolute atomic E-state index is 0.220. The zero-order valence-corrected chi connectivity index (χ0v) is 15.0. The summed E-state index contributed by atoms with van der Waals surface area (Å²) < 4.78 is 21.5. The molecule has 0 saturated heterocycles. The summed E-state index contributed by atoms with van der Waals surface area (Å²) in [6, 6.07) is 11.5. The highest BCUT2D eigenvalue weighted by Gasteiger charge is 2.21. The Morgan fingerprint density at radius 2 is 1.93 bits per heavy atom. The van der Waals surface area contributed by atoms with Crippen LogP contribution in [-0.4, -0.2) is 38.7 Å². The van der Waals surface area contributed by atoms with E-state index in [9.17, 15) is 9.59 Å². The third kappa shape index (κ3) is 4.24. The topological polar surface area (TPSA) is 119 Å².